The standard InChI is InChI=1S/C28H32N2O4S/c1-18-7-6-8-24(19(18)2)29-28(35)30-14-13-20-15-26(32-4)27(33-5)16-23(20)25(30)17-34-22-11-9-21(31-3)10-12-22/h6-12,15-16,25H,13-14,17H2,1-5H3,(H,29,35). The molecule has 1 aliphatic heterocycles. The van der Waals surface area contributed by atoms with E-state index in [-0.39, 0.29) is 6.04 Å². The number of ether oxygens (including phenoxy) is 4. The molecule has 7 heteroatoms. The fraction of sp³-hybridized carbons (Fsp3) is 0.321. The van der Waals surface area contributed by atoms with E-state index in [0.29, 0.717) is 17.5 Å². The van der Waals surface area contributed by atoms with Crippen molar-refractivity contribution >= 4 is 23.0 Å². The Kier molecular flexibility index (Phi) is 7.66. The second kappa shape index (κ2) is 10.9. The van der Waals surface area contributed by atoms with Crippen LogP contribution in [0.2, 0.25) is 0 Å². The van der Waals surface area contributed by atoms with Gasteiger partial charge in [-0.25, -0.2) is 0 Å². The van der Waals surface area contributed by atoms with Crippen molar-refractivity contribution in [3.63, 3.8) is 0 Å². The Morgan fingerprint density at radius 2 is 1.63 bits per heavy atom. The lowest BCUT2D eigenvalue weighted by atomic mass is 9.92. The monoisotopic (exact) mass is 492 g/mol. The molecular formula is C28H32N2O4S. The Balaban J connectivity index is 1.65. The van der Waals surface area contributed by atoms with Crippen molar-refractivity contribution in [2.24, 2.45) is 0 Å². The summed E-state index contributed by atoms with van der Waals surface area (Å²) in [6, 6.07) is 17.8. The molecule has 1 atom stereocenters. The highest BCUT2D eigenvalue weighted by Gasteiger charge is 2.31. The Morgan fingerprint density at radius 1 is 0.943 bits per heavy atom. The highest BCUT2D eigenvalue weighted by molar-refractivity contribution is 7.80. The zero-order valence-electron chi connectivity index (χ0n) is 20.9. The van der Waals surface area contributed by atoms with Gasteiger partial charge in [0.05, 0.1) is 27.4 Å². The fourth-order valence-electron chi connectivity index (χ4n) is 4.37. The summed E-state index contributed by atoms with van der Waals surface area (Å²) in [5.41, 5.74) is 5.75. The number of anilines is 1. The zero-order chi connectivity index (χ0) is 24.9. The van der Waals surface area contributed by atoms with Gasteiger partial charge in [-0.05, 0) is 97.2 Å². The van der Waals surface area contributed by atoms with E-state index in [1.165, 1.54) is 16.7 Å². The van der Waals surface area contributed by atoms with Crippen molar-refractivity contribution in [2.45, 2.75) is 26.3 Å². The molecule has 1 N–H and O–H groups in total. The second-order valence-electron chi connectivity index (χ2n) is 8.53. The SMILES string of the molecule is COc1ccc(OCC2c3cc(OC)c(OC)cc3CCN2C(=S)Nc2cccc(C)c2C)cc1. The van der Waals surface area contributed by atoms with Crippen LogP contribution < -0.4 is 24.3 Å². The normalized spacial score (nSPS) is 14.7. The minimum absolute atomic E-state index is 0.106. The number of hydrogen-bond donors (Lipinski definition) is 1. The Morgan fingerprint density at radius 3 is 2.31 bits per heavy atom. The molecule has 0 spiro atoms. The number of thiocarbonyl (C=S) groups is 1. The predicted octanol–water partition coefficient (Wildman–Crippen LogP) is 5.70. The average Bonchev–Trinajstić information content (AvgIpc) is 2.89. The van der Waals surface area contributed by atoms with Crippen molar-refractivity contribution in [3.05, 3.63) is 76.9 Å². The van der Waals surface area contributed by atoms with Gasteiger partial charge in [0.1, 0.15) is 18.1 Å². The summed E-state index contributed by atoms with van der Waals surface area (Å²) in [6.07, 6.45) is 0.837. The van der Waals surface area contributed by atoms with Crippen LogP contribution in [0, 0.1) is 13.8 Å². The van der Waals surface area contributed by atoms with Crippen LogP contribution in [0.5, 0.6) is 23.0 Å². The third-order valence-electron chi connectivity index (χ3n) is 6.58. The first kappa shape index (κ1) is 24.7. The van der Waals surface area contributed by atoms with Gasteiger partial charge in [0, 0.05) is 12.2 Å². The van der Waals surface area contributed by atoms with Gasteiger partial charge < -0.3 is 29.2 Å². The summed E-state index contributed by atoms with van der Waals surface area (Å²) in [6.45, 7) is 5.39. The number of fused-ring (bicyclic) bond motifs is 1. The molecule has 0 amide bonds. The Hall–Kier alpha value is -3.45. The lowest BCUT2D eigenvalue weighted by Crippen LogP contribution is -2.44. The quantitative estimate of drug-likeness (QED) is 0.424. The largest absolute Gasteiger partial charge is 0.497 e. The first-order valence-electron chi connectivity index (χ1n) is 11.6. The lowest BCUT2D eigenvalue weighted by Gasteiger charge is -2.39. The van der Waals surface area contributed by atoms with Gasteiger partial charge in [-0.15, -0.1) is 0 Å². The number of hydrogen-bond acceptors (Lipinski definition) is 5. The van der Waals surface area contributed by atoms with Crippen molar-refractivity contribution in [2.75, 3.05) is 39.8 Å². The summed E-state index contributed by atoms with van der Waals surface area (Å²) in [5, 5.41) is 4.14. The van der Waals surface area contributed by atoms with E-state index in [1.54, 1.807) is 21.3 Å². The van der Waals surface area contributed by atoms with Crippen LogP contribution in [-0.2, 0) is 6.42 Å². The van der Waals surface area contributed by atoms with E-state index < -0.39 is 0 Å². The third-order valence-corrected chi connectivity index (χ3v) is 6.91. The molecule has 1 aliphatic rings. The van der Waals surface area contributed by atoms with Crippen LogP contribution in [0.4, 0.5) is 5.69 Å². The molecule has 1 unspecified atom stereocenters. The van der Waals surface area contributed by atoms with E-state index in [2.05, 4.69) is 42.3 Å². The molecule has 3 aromatic rings. The van der Waals surface area contributed by atoms with Gasteiger partial charge in [0.2, 0.25) is 0 Å². The van der Waals surface area contributed by atoms with Crippen molar-refractivity contribution < 1.29 is 18.9 Å². The summed E-state index contributed by atoms with van der Waals surface area (Å²) < 4.78 is 22.7. The number of rotatable bonds is 7. The molecule has 0 saturated carbocycles. The maximum Gasteiger partial charge on any atom is 0.174 e. The molecule has 3 aromatic carbocycles. The minimum atomic E-state index is -0.106. The maximum absolute atomic E-state index is 6.25. The molecule has 0 saturated heterocycles. The minimum Gasteiger partial charge on any atom is -0.497 e. The molecule has 0 aliphatic carbocycles. The van der Waals surface area contributed by atoms with E-state index in [0.717, 1.165) is 41.5 Å². The van der Waals surface area contributed by atoms with Gasteiger partial charge in [0.15, 0.2) is 16.6 Å². The third kappa shape index (κ3) is 5.30. The zero-order valence-corrected chi connectivity index (χ0v) is 21.7. The molecule has 0 fully saturated rings. The maximum atomic E-state index is 6.25. The van der Waals surface area contributed by atoms with Crippen LogP contribution in [0.25, 0.3) is 0 Å². The van der Waals surface area contributed by atoms with Crippen molar-refractivity contribution in [3.8, 4) is 23.0 Å². The first-order valence-corrected chi connectivity index (χ1v) is 12.0. The Labute approximate surface area is 212 Å². The van der Waals surface area contributed by atoms with Crippen LogP contribution in [0.15, 0.2) is 54.6 Å². The lowest BCUT2D eigenvalue weighted by molar-refractivity contribution is 0.190. The second-order valence-corrected chi connectivity index (χ2v) is 8.92. The number of methoxy groups -OCH3 is 3. The van der Waals surface area contributed by atoms with Crippen LogP contribution in [0.3, 0.4) is 0 Å². The molecule has 6 nitrogen and oxygen atoms in total. The van der Waals surface area contributed by atoms with Crippen LogP contribution in [0.1, 0.15) is 28.3 Å². The van der Waals surface area contributed by atoms with Gasteiger partial charge in [-0.3, -0.25) is 0 Å². The van der Waals surface area contributed by atoms with Crippen LogP contribution in [-0.4, -0.2) is 44.5 Å². The summed E-state index contributed by atoms with van der Waals surface area (Å²) in [5.74, 6) is 2.98. The highest BCUT2D eigenvalue weighted by atomic mass is 32.1. The molecule has 0 bridgehead atoms. The molecule has 1 heterocycles. The average molecular weight is 493 g/mol. The number of benzene rings is 3. The van der Waals surface area contributed by atoms with Crippen LogP contribution >= 0.6 is 12.2 Å². The highest BCUT2D eigenvalue weighted by Crippen LogP contribution is 2.39. The van der Waals surface area contributed by atoms with E-state index in [4.69, 9.17) is 31.2 Å². The van der Waals surface area contributed by atoms with Gasteiger partial charge >= 0.3 is 0 Å². The summed E-state index contributed by atoms with van der Waals surface area (Å²) in [7, 11) is 4.96. The molecule has 184 valence electrons. The molecular weight excluding hydrogens is 460 g/mol. The molecule has 35 heavy (non-hydrogen) atoms. The molecule has 0 aromatic heterocycles. The topological polar surface area (TPSA) is 52.2 Å². The fourth-order valence-corrected chi connectivity index (χ4v) is 4.70. The van der Waals surface area contributed by atoms with E-state index >= 15 is 0 Å². The summed E-state index contributed by atoms with van der Waals surface area (Å²) >= 11 is 5.93. The molecule has 4 rings (SSSR count). The summed E-state index contributed by atoms with van der Waals surface area (Å²) in [4.78, 5) is 2.20. The van der Waals surface area contributed by atoms with Gasteiger partial charge in [0.25, 0.3) is 0 Å². The first-order chi connectivity index (χ1) is 16.9. The van der Waals surface area contributed by atoms with Crippen molar-refractivity contribution in [1.82, 2.24) is 4.90 Å². The Bertz CT molecular complexity index is 1200. The molecule has 0 radical (unpaired) electrons. The van der Waals surface area contributed by atoms with Gasteiger partial charge in [-0.1, -0.05) is 12.1 Å². The smallest absolute Gasteiger partial charge is 0.174 e. The number of nitrogens with one attached hydrogen (secondary N) is 1. The van der Waals surface area contributed by atoms with Crippen molar-refractivity contribution in [1.29, 1.82) is 0 Å². The van der Waals surface area contributed by atoms with E-state index in [9.17, 15) is 0 Å². The number of nitrogens with zero attached hydrogens (tertiary/aromatic N) is 1. The predicted molar refractivity (Wildman–Crippen MR) is 143 cm³/mol. The number of aryl methyl sites for hydroxylation is 1. The van der Waals surface area contributed by atoms with E-state index in [1.807, 2.05) is 36.4 Å². The van der Waals surface area contributed by atoms with Gasteiger partial charge in [-0.2, -0.15) is 0 Å².